The molecule has 0 spiro atoms. The number of halogens is 1. The van der Waals surface area contributed by atoms with Crippen LogP contribution >= 0.6 is 12.4 Å². The number of esters is 1. The summed E-state index contributed by atoms with van der Waals surface area (Å²) in [6.45, 7) is 4.76. The van der Waals surface area contributed by atoms with Crippen molar-refractivity contribution >= 4 is 18.4 Å². The lowest BCUT2D eigenvalue weighted by Crippen LogP contribution is -2.33. The summed E-state index contributed by atoms with van der Waals surface area (Å²) in [6.07, 6.45) is 10.2. The van der Waals surface area contributed by atoms with Gasteiger partial charge < -0.3 is 4.74 Å². The van der Waals surface area contributed by atoms with Gasteiger partial charge in [0.05, 0.1) is 5.92 Å². The highest BCUT2D eigenvalue weighted by atomic mass is 35.5. The third kappa shape index (κ3) is 5.08. The van der Waals surface area contributed by atoms with Gasteiger partial charge in [-0.2, -0.15) is 0 Å². The fraction of sp³-hybridized carbons (Fsp3) is 0.571. The van der Waals surface area contributed by atoms with E-state index >= 15 is 0 Å². The molecule has 4 heteroatoms. The van der Waals surface area contributed by atoms with E-state index in [9.17, 15) is 4.79 Å². The van der Waals surface area contributed by atoms with E-state index in [1.807, 2.05) is 30.3 Å². The monoisotopic (exact) mass is 363 g/mol. The summed E-state index contributed by atoms with van der Waals surface area (Å²) in [4.78, 5) is 15.3. The van der Waals surface area contributed by atoms with Crippen LogP contribution in [0, 0.1) is 5.92 Å². The number of hydrogen-bond donors (Lipinski definition) is 0. The van der Waals surface area contributed by atoms with Crippen molar-refractivity contribution in [3.8, 4) is 0 Å². The van der Waals surface area contributed by atoms with Crippen LogP contribution in [0.25, 0.3) is 0 Å². The quantitative estimate of drug-likeness (QED) is 0.524. The van der Waals surface area contributed by atoms with Gasteiger partial charge in [-0.25, -0.2) is 0 Å². The fourth-order valence-corrected chi connectivity index (χ4v) is 4.16. The average Bonchev–Trinajstić information content (AvgIpc) is 3.28. The van der Waals surface area contributed by atoms with Crippen molar-refractivity contribution in [2.24, 2.45) is 5.92 Å². The maximum Gasteiger partial charge on any atom is 0.314 e. The Bertz CT molecular complexity index is 560. The molecule has 1 fully saturated rings. The predicted octanol–water partition coefficient (Wildman–Crippen LogP) is 4.58. The molecule has 1 aliphatic carbocycles. The van der Waals surface area contributed by atoms with E-state index in [2.05, 4.69) is 24.0 Å². The molecule has 3 rings (SSSR count). The van der Waals surface area contributed by atoms with Crippen molar-refractivity contribution in [2.45, 2.75) is 51.0 Å². The number of hydrogen-bond acceptors (Lipinski definition) is 3. The van der Waals surface area contributed by atoms with Crippen LogP contribution in [-0.2, 0) is 9.53 Å². The molecular weight excluding hydrogens is 334 g/mol. The highest BCUT2D eigenvalue weighted by Gasteiger charge is 2.31. The molecule has 25 heavy (non-hydrogen) atoms. The topological polar surface area (TPSA) is 29.5 Å². The zero-order valence-corrected chi connectivity index (χ0v) is 15.9. The molecule has 0 amide bonds. The second-order valence-corrected chi connectivity index (χ2v) is 6.97. The summed E-state index contributed by atoms with van der Waals surface area (Å²) in [5.41, 5.74) is 1.08. The number of likely N-dealkylation sites (tertiary alicyclic amines) is 1. The molecule has 0 saturated carbocycles. The Morgan fingerprint density at radius 3 is 2.76 bits per heavy atom. The van der Waals surface area contributed by atoms with Gasteiger partial charge in [-0.05, 0) is 50.1 Å². The smallest absolute Gasteiger partial charge is 0.314 e. The van der Waals surface area contributed by atoms with Crippen LogP contribution in [0.2, 0.25) is 0 Å². The molecular formula is C21H30ClNO2. The Morgan fingerprint density at radius 2 is 2.08 bits per heavy atom. The molecule has 3 nitrogen and oxygen atoms in total. The van der Waals surface area contributed by atoms with Gasteiger partial charge >= 0.3 is 5.97 Å². The minimum absolute atomic E-state index is 0. The van der Waals surface area contributed by atoms with Gasteiger partial charge in [-0.15, -0.1) is 12.4 Å². The number of carbonyl (C=O) groups excluding carboxylic acids is 1. The molecule has 1 aromatic rings. The lowest BCUT2D eigenvalue weighted by Gasteiger charge is -2.25. The summed E-state index contributed by atoms with van der Waals surface area (Å²) < 4.78 is 5.71. The molecule has 2 aliphatic rings. The van der Waals surface area contributed by atoms with Crippen LogP contribution in [0.3, 0.4) is 0 Å². The van der Waals surface area contributed by atoms with Crippen LogP contribution in [0.5, 0.6) is 0 Å². The standard InChI is InChI=1S/C21H29NO2.ClH/c1-2-19-13-8-14-22(19)15-16-24-21(23)20(18-11-6-7-12-18)17-9-4-3-5-10-17;/h3-6,9-11,18-20H,2,7-8,12-16H2,1H3;1H. The van der Waals surface area contributed by atoms with Crippen molar-refractivity contribution in [1.82, 2.24) is 4.90 Å². The first kappa shape index (κ1) is 20.0. The molecule has 1 heterocycles. The Balaban J connectivity index is 0.00000225. The SMILES string of the molecule is CCC1CCCN1CCOC(=O)C(c1ccccc1)C1C=CCC1.Cl. The summed E-state index contributed by atoms with van der Waals surface area (Å²) in [5.74, 6) is 0.0468. The summed E-state index contributed by atoms with van der Waals surface area (Å²) in [7, 11) is 0. The second-order valence-electron chi connectivity index (χ2n) is 6.97. The lowest BCUT2D eigenvalue weighted by molar-refractivity contribution is -0.147. The number of carbonyl (C=O) groups is 1. The van der Waals surface area contributed by atoms with E-state index in [1.165, 1.54) is 19.3 Å². The first-order chi connectivity index (χ1) is 11.8. The van der Waals surface area contributed by atoms with Gasteiger partial charge in [0.25, 0.3) is 0 Å². The molecule has 0 radical (unpaired) electrons. The van der Waals surface area contributed by atoms with Gasteiger partial charge in [-0.3, -0.25) is 9.69 Å². The molecule has 1 saturated heterocycles. The molecule has 1 aliphatic heterocycles. The molecule has 3 unspecified atom stereocenters. The molecule has 0 aromatic heterocycles. The van der Waals surface area contributed by atoms with Crippen molar-refractivity contribution in [1.29, 1.82) is 0 Å². The highest BCUT2D eigenvalue weighted by molar-refractivity contribution is 5.85. The fourth-order valence-electron chi connectivity index (χ4n) is 4.16. The molecule has 138 valence electrons. The van der Waals surface area contributed by atoms with E-state index in [-0.39, 0.29) is 30.2 Å². The summed E-state index contributed by atoms with van der Waals surface area (Å²) in [5, 5.41) is 0. The van der Waals surface area contributed by atoms with Gasteiger partial charge in [0.1, 0.15) is 6.61 Å². The number of ether oxygens (including phenoxy) is 1. The molecule has 0 N–H and O–H groups in total. The highest BCUT2D eigenvalue weighted by Crippen LogP contribution is 2.34. The zero-order chi connectivity index (χ0) is 16.8. The Kier molecular flexibility index (Phi) is 7.98. The van der Waals surface area contributed by atoms with Gasteiger partial charge in [0, 0.05) is 12.6 Å². The molecule has 1 aromatic carbocycles. The minimum Gasteiger partial charge on any atom is -0.464 e. The van der Waals surface area contributed by atoms with Crippen LogP contribution in [0.15, 0.2) is 42.5 Å². The summed E-state index contributed by atoms with van der Waals surface area (Å²) in [6, 6.07) is 10.8. The van der Waals surface area contributed by atoms with E-state index in [1.54, 1.807) is 0 Å². The second kappa shape index (κ2) is 9.98. The van der Waals surface area contributed by atoms with Crippen molar-refractivity contribution in [3.63, 3.8) is 0 Å². The third-order valence-electron chi connectivity index (χ3n) is 5.48. The number of benzene rings is 1. The van der Waals surface area contributed by atoms with E-state index in [0.717, 1.165) is 31.5 Å². The normalized spacial score (nSPS) is 24.0. The number of allylic oxidation sites excluding steroid dienone is 2. The van der Waals surface area contributed by atoms with Crippen molar-refractivity contribution in [3.05, 3.63) is 48.0 Å². The molecule has 3 atom stereocenters. The van der Waals surface area contributed by atoms with Gasteiger partial charge in [0.2, 0.25) is 0 Å². The summed E-state index contributed by atoms with van der Waals surface area (Å²) >= 11 is 0. The number of nitrogens with zero attached hydrogens (tertiary/aromatic N) is 1. The van der Waals surface area contributed by atoms with E-state index in [4.69, 9.17) is 4.74 Å². The van der Waals surface area contributed by atoms with Crippen LogP contribution in [0.4, 0.5) is 0 Å². The Labute approximate surface area is 157 Å². The predicted molar refractivity (Wildman–Crippen MR) is 104 cm³/mol. The van der Waals surface area contributed by atoms with E-state index < -0.39 is 0 Å². The first-order valence-electron chi connectivity index (χ1n) is 9.42. The average molecular weight is 364 g/mol. The first-order valence-corrected chi connectivity index (χ1v) is 9.42. The largest absolute Gasteiger partial charge is 0.464 e. The lowest BCUT2D eigenvalue weighted by atomic mass is 9.85. The Morgan fingerprint density at radius 1 is 1.28 bits per heavy atom. The van der Waals surface area contributed by atoms with Crippen molar-refractivity contribution < 1.29 is 9.53 Å². The van der Waals surface area contributed by atoms with Crippen molar-refractivity contribution in [2.75, 3.05) is 19.7 Å². The van der Waals surface area contributed by atoms with E-state index in [0.29, 0.717) is 12.6 Å². The van der Waals surface area contributed by atoms with Crippen LogP contribution in [-0.4, -0.2) is 36.6 Å². The maximum absolute atomic E-state index is 12.8. The van der Waals surface area contributed by atoms with Gasteiger partial charge in [-0.1, -0.05) is 49.4 Å². The third-order valence-corrected chi connectivity index (χ3v) is 5.48. The zero-order valence-electron chi connectivity index (χ0n) is 15.1. The Hall–Kier alpha value is -1.32. The maximum atomic E-state index is 12.8. The number of rotatable bonds is 7. The van der Waals surface area contributed by atoms with Gasteiger partial charge in [0.15, 0.2) is 0 Å². The molecule has 0 bridgehead atoms. The van der Waals surface area contributed by atoms with Crippen LogP contribution < -0.4 is 0 Å². The van der Waals surface area contributed by atoms with Crippen LogP contribution in [0.1, 0.15) is 50.5 Å². The minimum atomic E-state index is -0.162.